The van der Waals surface area contributed by atoms with Crippen molar-refractivity contribution in [3.8, 4) is 5.75 Å². The Morgan fingerprint density at radius 1 is 1.19 bits per heavy atom. The molecule has 1 aliphatic heterocycles. The Morgan fingerprint density at radius 3 is 2.41 bits per heavy atom. The number of carbonyl (C=O) groups is 3. The lowest BCUT2D eigenvalue weighted by Gasteiger charge is -2.47. The minimum absolute atomic E-state index is 0.0297. The average Bonchev–Trinajstić information content (AvgIpc) is 2.88. The molecule has 1 aliphatic rings. The van der Waals surface area contributed by atoms with Crippen molar-refractivity contribution in [2.75, 3.05) is 5.88 Å². The summed E-state index contributed by atoms with van der Waals surface area (Å²) in [4.78, 5) is 50.5. The number of hydrogen-bond donors (Lipinski definition) is 1. The molecule has 3 atom stereocenters. The normalized spacial score (nSPS) is 17.8. The van der Waals surface area contributed by atoms with Crippen LogP contribution in [-0.4, -0.2) is 56.7 Å². The van der Waals surface area contributed by atoms with Gasteiger partial charge in [-0.3, -0.25) is 19.7 Å². The van der Waals surface area contributed by atoms with E-state index in [-0.39, 0.29) is 29.5 Å². The summed E-state index contributed by atoms with van der Waals surface area (Å²) in [6, 6.07) is 12.1. The van der Waals surface area contributed by atoms with Crippen LogP contribution in [-0.2, 0) is 25.7 Å². The van der Waals surface area contributed by atoms with Gasteiger partial charge in [0.15, 0.2) is 17.4 Å². The van der Waals surface area contributed by atoms with Gasteiger partial charge >= 0.3 is 11.7 Å². The Hall–Kier alpha value is -3.63. The summed E-state index contributed by atoms with van der Waals surface area (Å²) in [6.45, 7) is 6.52. The van der Waals surface area contributed by atoms with Gasteiger partial charge in [0.25, 0.3) is 11.8 Å². The molecule has 1 saturated heterocycles. The Bertz CT molecular complexity index is 1210. The molecule has 3 rings (SSSR count). The quantitative estimate of drug-likeness (QED) is 0.0862. The van der Waals surface area contributed by atoms with E-state index in [2.05, 4.69) is 11.9 Å². The van der Waals surface area contributed by atoms with Gasteiger partial charge in [-0.2, -0.15) is 0 Å². The summed E-state index contributed by atoms with van der Waals surface area (Å²) in [5.74, 6) is -2.40. The molecule has 2 amide bonds. The lowest BCUT2D eigenvalue weighted by molar-refractivity contribution is -0.386. The first-order valence-electron chi connectivity index (χ1n) is 11.1. The predicted octanol–water partition coefficient (Wildman–Crippen LogP) is 3.55. The second kappa shape index (κ2) is 11.6. The Labute approximate surface area is 223 Å². The second-order valence-corrected chi connectivity index (χ2v) is 9.41. The lowest BCUT2D eigenvalue weighted by atomic mass is 9.98. The smallest absolute Gasteiger partial charge is 0.333 e. The van der Waals surface area contributed by atoms with Crippen LogP contribution in [0.1, 0.15) is 19.4 Å². The highest BCUT2D eigenvalue weighted by atomic mass is 35.5. The van der Waals surface area contributed by atoms with Crippen molar-refractivity contribution in [1.82, 2.24) is 10.2 Å². The first kappa shape index (κ1) is 27.9. The summed E-state index contributed by atoms with van der Waals surface area (Å²) in [5, 5.41) is 13.8. The minimum atomic E-state index is -1.60. The van der Waals surface area contributed by atoms with Crippen LogP contribution >= 0.6 is 23.2 Å². The van der Waals surface area contributed by atoms with E-state index in [0.29, 0.717) is 0 Å². The summed E-state index contributed by atoms with van der Waals surface area (Å²) in [5.41, 5.74) is -2.09. The topological polar surface area (TPSA) is 128 Å². The number of ether oxygens (including phenoxy) is 2. The SMILES string of the molecule is C=C(CCl)C(C(=O)OCc1ccccc1)N1C(=O)C(NC(=O)C(C)(C)Oc2ccccc2[N+](=O)[O-])C1Cl. The highest BCUT2D eigenvalue weighted by Crippen LogP contribution is 2.32. The molecule has 1 fully saturated rings. The van der Waals surface area contributed by atoms with Gasteiger partial charge in [0.1, 0.15) is 18.1 Å². The van der Waals surface area contributed by atoms with Crippen LogP contribution in [0, 0.1) is 10.1 Å². The standard InChI is InChI=1S/C25H25Cl2N3O7/c1-15(13-26)20(23(32)36-14-16-9-5-4-6-10-16)29-21(27)19(22(29)31)28-24(33)25(2,3)37-18-12-8-7-11-17(18)30(34)35/h4-12,19-21H,1,13-14H2,2-3H3,(H,28,33). The van der Waals surface area contributed by atoms with Gasteiger partial charge in [-0.05, 0) is 31.1 Å². The summed E-state index contributed by atoms with van der Waals surface area (Å²) in [6.07, 6.45) is 0. The van der Waals surface area contributed by atoms with E-state index < -0.39 is 45.9 Å². The largest absolute Gasteiger partial charge is 0.471 e. The maximum absolute atomic E-state index is 13.0. The molecule has 1 heterocycles. The zero-order valence-corrected chi connectivity index (χ0v) is 21.6. The molecule has 2 aromatic carbocycles. The maximum atomic E-state index is 13.0. The molecular weight excluding hydrogens is 525 g/mol. The monoisotopic (exact) mass is 549 g/mol. The summed E-state index contributed by atoms with van der Waals surface area (Å²) >= 11 is 12.3. The van der Waals surface area contributed by atoms with Crippen molar-refractivity contribution < 1.29 is 28.8 Å². The second-order valence-electron chi connectivity index (χ2n) is 8.69. The Kier molecular flexibility index (Phi) is 8.77. The molecule has 12 heteroatoms. The summed E-state index contributed by atoms with van der Waals surface area (Å²) in [7, 11) is 0. The molecule has 196 valence electrons. The third kappa shape index (κ3) is 6.20. The molecule has 0 radical (unpaired) electrons. The number of likely N-dealkylation sites (tertiary alicyclic amines) is 1. The van der Waals surface area contributed by atoms with E-state index >= 15 is 0 Å². The van der Waals surface area contributed by atoms with Crippen LogP contribution in [0.2, 0.25) is 0 Å². The van der Waals surface area contributed by atoms with E-state index in [1.807, 2.05) is 6.07 Å². The van der Waals surface area contributed by atoms with Crippen LogP contribution < -0.4 is 10.1 Å². The molecular formula is C25H25Cl2N3O7. The molecule has 0 aliphatic carbocycles. The molecule has 3 unspecified atom stereocenters. The number of rotatable bonds is 11. The van der Waals surface area contributed by atoms with Crippen molar-refractivity contribution in [2.24, 2.45) is 0 Å². The van der Waals surface area contributed by atoms with Gasteiger partial charge in [0, 0.05) is 11.9 Å². The van der Waals surface area contributed by atoms with Crippen molar-refractivity contribution in [3.63, 3.8) is 0 Å². The van der Waals surface area contributed by atoms with Crippen LogP contribution in [0.25, 0.3) is 0 Å². The highest BCUT2D eigenvalue weighted by Gasteiger charge is 2.54. The van der Waals surface area contributed by atoms with Crippen LogP contribution in [0.4, 0.5) is 5.69 Å². The number of halogens is 2. The van der Waals surface area contributed by atoms with Gasteiger partial charge in [0.2, 0.25) is 0 Å². The molecule has 0 spiro atoms. The molecule has 2 aromatic rings. The number of esters is 1. The third-order valence-electron chi connectivity index (χ3n) is 5.61. The fraction of sp³-hybridized carbons (Fsp3) is 0.320. The molecule has 0 bridgehead atoms. The first-order valence-corrected chi connectivity index (χ1v) is 12.1. The fourth-order valence-corrected chi connectivity index (χ4v) is 4.09. The summed E-state index contributed by atoms with van der Waals surface area (Å²) < 4.78 is 11.0. The molecule has 0 saturated carbocycles. The van der Waals surface area contributed by atoms with E-state index in [0.717, 1.165) is 10.5 Å². The number of amides is 2. The van der Waals surface area contributed by atoms with Crippen molar-refractivity contribution in [2.45, 2.75) is 43.6 Å². The van der Waals surface area contributed by atoms with Gasteiger partial charge < -0.3 is 19.7 Å². The molecule has 37 heavy (non-hydrogen) atoms. The van der Waals surface area contributed by atoms with Gasteiger partial charge in [-0.15, -0.1) is 11.6 Å². The van der Waals surface area contributed by atoms with Gasteiger partial charge in [0.05, 0.1) is 4.92 Å². The minimum Gasteiger partial charge on any atom is -0.471 e. The number of nitro groups is 1. The van der Waals surface area contributed by atoms with E-state index in [9.17, 15) is 24.5 Å². The van der Waals surface area contributed by atoms with Crippen LogP contribution in [0.15, 0.2) is 66.7 Å². The van der Waals surface area contributed by atoms with Gasteiger partial charge in [-0.1, -0.05) is 60.6 Å². The van der Waals surface area contributed by atoms with E-state index in [4.69, 9.17) is 32.7 Å². The Morgan fingerprint density at radius 2 is 1.81 bits per heavy atom. The number of carbonyl (C=O) groups excluding carboxylic acids is 3. The lowest BCUT2D eigenvalue weighted by Crippen LogP contribution is -2.73. The molecule has 10 nitrogen and oxygen atoms in total. The maximum Gasteiger partial charge on any atom is 0.333 e. The number of alkyl halides is 2. The predicted molar refractivity (Wildman–Crippen MR) is 136 cm³/mol. The number of nitrogens with one attached hydrogen (secondary N) is 1. The number of hydrogen-bond acceptors (Lipinski definition) is 7. The highest BCUT2D eigenvalue weighted by molar-refractivity contribution is 6.27. The number of β-lactam (4-membered cyclic amide) rings is 1. The Balaban J connectivity index is 1.68. The van der Waals surface area contributed by atoms with Gasteiger partial charge in [-0.25, -0.2) is 4.79 Å². The first-order chi connectivity index (χ1) is 17.5. The van der Waals surface area contributed by atoms with E-state index in [1.54, 1.807) is 24.3 Å². The third-order valence-corrected chi connectivity index (χ3v) is 6.41. The zero-order valence-electron chi connectivity index (χ0n) is 20.1. The zero-order chi connectivity index (χ0) is 27.3. The number of nitrogens with zero attached hydrogens (tertiary/aromatic N) is 2. The number of para-hydroxylation sites is 2. The average molecular weight is 550 g/mol. The number of nitro benzene ring substituents is 1. The van der Waals surface area contributed by atoms with E-state index in [1.165, 1.54) is 38.1 Å². The van der Waals surface area contributed by atoms with Crippen LogP contribution in [0.5, 0.6) is 5.75 Å². The number of benzene rings is 2. The molecule has 0 aromatic heterocycles. The molecule has 1 N–H and O–H groups in total. The van der Waals surface area contributed by atoms with Crippen molar-refractivity contribution in [3.05, 3.63) is 82.4 Å². The van der Waals surface area contributed by atoms with Crippen molar-refractivity contribution >= 4 is 46.7 Å². The van der Waals surface area contributed by atoms with Crippen molar-refractivity contribution in [1.29, 1.82) is 0 Å². The fourth-order valence-electron chi connectivity index (χ4n) is 3.57. The van der Waals surface area contributed by atoms with Crippen LogP contribution in [0.3, 0.4) is 0 Å².